The Morgan fingerprint density at radius 1 is 1.21 bits per heavy atom. The highest BCUT2D eigenvalue weighted by Crippen LogP contribution is 2.38. The molecule has 152 valence electrons. The van der Waals surface area contributed by atoms with Crippen molar-refractivity contribution in [2.24, 2.45) is 0 Å². The van der Waals surface area contributed by atoms with Crippen molar-refractivity contribution < 1.29 is 23.5 Å². The minimum Gasteiger partial charge on any atom is -0.497 e. The van der Waals surface area contributed by atoms with Crippen LogP contribution in [0.2, 0.25) is 0 Å². The molecule has 0 fully saturated rings. The quantitative estimate of drug-likeness (QED) is 0.686. The second kappa shape index (κ2) is 8.90. The fourth-order valence-corrected chi connectivity index (χ4v) is 3.62. The van der Waals surface area contributed by atoms with Gasteiger partial charge in [0.2, 0.25) is 5.91 Å². The Labute approximate surface area is 169 Å². The molecule has 5 nitrogen and oxygen atoms in total. The van der Waals surface area contributed by atoms with Crippen LogP contribution in [0.3, 0.4) is 0 Å². The van der Waals surface area contributed by atoms with Crippen LogP contribution >= 0.6 is 0 Å². The molecule has 3 rings (SSSR count). The monoisotopic (exact) mass is 397 g/mol. The number of hydrogen-bond donors (Lipinski definition) is 0. The van der Waals surface area contributed by atoms with E-state index < -0.39 is 11.9 Å². The summed E-state index contributed by atoms with van der Waals surface area (Å²) in [6, 6.07) is 13.6. The Balaban J connectivity index is 2.05. The summed E-state index contributed by atoms with van der Waals surface area (Å²) in [6.07, 6.45) is 0.0904. The van der Waals surface area contributed by atoms with Crippen LogP contribution in [-0.4, -0.2) is 30.5 Å². The molecular weight excluding hydrogens is 373 g/mol. The Hall–Kier alpha value is -3.15. The Morgan fingerprint density at radius 3 is 2.66 bits per heavy atom. The minimum atomic E-state index is -0.469. The molecule has 2 aromatic carbocycles. The van der Waals surface area contributed by atoms with Crippen molar-refractivity contribution in [1.82, 2.24) is 4.90 Å². The molecular formula is C23H24FNO4. The van der Waals surface area contributed by atoms with Crippen molar-refractivity contribution in [2.75, 3.05) is 13.7 Å². The maximum Gasteiger partial charge on any atom is 0.336 e. The molecule has 6 heteroatoms. The number of carbonyl (C=O) groups is 2. The third-order valence-corrected chi connectivity index (χ3v) is 5.10. The maximum atomic E-state index is 14.1. The average molecular weight is 397 g/mol. The summed E-state index contributed by atoms with van der Waals surface area (Å²) < 4.78 is 24.7. The van der Waals surface area contributed by atoms with Crippen molar-refractivity contribution in [3.8, 4) is 5.75 Å². The number of nitrogens with zero attached hydrogens (tertiary/aromatic N) is 1. The Kier molecular flexibility index (Phi) is 6.32. The Bertz CT molecular complexity index is 953. The van der Waals surface area contributed by atoms with Crippen molar-refractivity contribution in [3.05, 3.63) is 76.7 Å². The minimum absolute atomic E-state index is 0.0606. The molecule has 2 aromatic rings. The molecule has 29 heavy (non-hydrogen) atoms. The summed E-state index contributed by atoms with van der Waals surface area (Å²) in [4.78, 5) is 27.2. The molecule has 1 amide bonds. The van der Waals surface area contributed by atoms with Gasteiger partial charge in [-0.15, -0.1) is 0 Å². The number of hydrogen-bond acceptors (Lipinski definition) is 4. The lowest BCUT2D eigenvalue weighted by Crippen LogP contribution is -2.38. The predicted octanol–water partition coefficient (Wildman–Crippen LogP) is 4.19. The van der Waals surface area contributed by atoms with Gasteiger partial charge < -0.3 is 14.4 Å². The fraction of sp³-hybridized carbons (Fsp3) is 0.304. The first-order valence-electron chi connectivity index (χ1n) is 9.51. The van der Waals surface area contributed by atoms with Crippen LogP contribution in [0.5, 0.6) is 5.75 Å². The zero-order valence-corrected chi connectivity index (χ0v) is 16.8. The lowest BCUT2D eigenvalue weighted by molar-refractivity contribution is -0.140. The van der Waals surface area contributed by atoms with Crippen LogP contribution < -0.4 is 4.74 Å². The molecule has 1 heterocycles. The van der Waals surface area contributed by atoms with Gasteiger partial charge in [0.25, 0.3) is 0 Å². The highest BCUT2D eigenvalue weighted by atomic mass is 19.1. The molecule has 1 aliphatic heterocycles. The van der Waals surface area contributed by atoms with E-state index in [1.165, 1.54) is 11.0 Å². The van der Waals surface area contributed by atoms with Crippen molar-refractivity contribution in [1.29, 1.82) is 0 Å². The molecule has 0 saturated carbocycles. The van der Waals surface area contributed by atoms with Crippen LogP contribution in [0.15, 0.2) is 59.8 Å². The van der Waals surface area contributed by atoms with E-state index in [0.29, 0.717) is 22.6 Å². The van der Waals surface area contributed by atoms with Gasteiger partial charge in [-0.3, -0.25) is 4.79 Å². The molecule has 0 aliphatic carbocycles. The van der Waals surface area contributed by atoms with E-state index in [1.807, 2.05) is 18.2 Å². The number of benzene rings is 2. The maximum absolute atomic E-state index is 14.1. The van der Waals surface area contributed by atoms with Crippen molar-refractivity contribution in [2.45, 2.75) is 32.7 Å². The van der Waals surface area contributed by atoms with Gasteiger partial charge in [0.15, 0.2) is 0 Å². The number of halogens is 1. The molecule has 0 radical (unpaired) electrons. The standard InChI is InChI=1S/C23H24FNO4/c1-4-29-23(27)22-15(2)25(14-17-8-5-6-11-20(17)24)21(26)13-19(22)16-9-7-10-18(12-16)28-3/h5-12,19H,4,13-14H2,1-3H3. The number of carbonyl (C=O) groups excluding carboxylic acids is 2. The van der Waals surface area contributed by atoms with E-state index in [2.05, 4.69) is 0 Å². The molecule has 0 N–H and O–H groups in total. The SMILES string of the molecule is CCOC(=O)C1=C(C)N(Cc2ccccc2F)C(=O)CC1c1cccc(OC)c1. The number of ether oxygens (including phenoxy) is 2. The summed E-state index contributed by atoms with van der Waals surface area (Å²) in [5, 5.41) is 0. The third kappa shape index (κ3) is 4.31. The molecule has 0 bridgehead atoms. The number of rotatable bonds is 6. The lowest BCUT2D eigenvalue weighted by Gasteiger charge is -2.34. The van der Waals surface area contributed by atoms with E-state index >= 15 is 0 Å². The molecule has 1 aliphatic rings. The van der Waals surface area contributed by atoms with Gasteiger partial charge >= 0.3 is 5.97 Å². The first-order valence-corrected chi connectivity index (χ1v) is 9.51. The summed E-state index contributed by atoms with van der Waals surface area (Å²) in [6.45, 7) is 3.73. The summed E-state index contributed by atoms with van der Waals surface area (Å²) in [5.74, 6) is -0.839. The zero-order chi connectivity index (χ0) is 21.0. The van der Waals surface area contributed by atoms with Crippen LogP contribution in [0, 0.1) is 5.82 Å². The molecule has 0 aromatic heterocycles. The van der Waals surface area contributed by atoms with E-state index in [4.69, 9.17) is 9.47 Å². The second-order valence-electron chi connectivity index (χ2n) is 6.82. The van der Waals surface area contributed by atoms with Gasteiger partial charge in [0, 0.05) is 23.6 Å². The largest absolute Gasteiger partial charge is 0.497 e. The number of amides is 1. The van der Waals surface area contributed by atoms with E-state index in [0.717, 1.165) is 5.56 Å². The van der Waals surface area contributed by atoms with Crippen molar-refractivity contribution in [3.63, 3.8) is 0 Å². The summed E-state index contributed by atoms with van der Waals surface area (Å²) in [5.41, 5.74) is 2.08. The summed E-state index contributed by atoms with van der Waals surface area (Å²) >= 11 is 0. The van der Waals surface area contributed by atoms with Crippen molar-refractivity contribution >= 4 is 11.9 Å². The van der Waals surface area contributed by atoms with Crippen LogP contribution in [-0.2, 0) is 20.9 Å². The zero-order valence-electron chi connectivity index (χ0n) is 16.8. The van der Waals surface area contributed by atoms with Gasteiger partial charge in [-0.1, -0.05) is 30.3 Å². The number of esters is 1. The van der Waals surface area contributed by atoms with Crippen LogP contribution in [0.25, 0.3) is 0 Å². The van der Waals surface area contributed by atoms with Crippen LogP contribution in [0.4, 0.5) is 4.39 Å². The first-order chi connectivity index (χ1) is 14.0. The van der Waals surface area contributed by atoms with E-state index in [9.17, 15) is 14.0 Å². The third-order valence-electron chi connectivity index (χ3n) is 5.10. The molecule has 0 spiro atoms. The van der Waals surface area contributed by atoms with E-state index in [1.54, 1.807) is 45.2 Å². The smallest absolute Gasteiger partial charge is 0.336 e. The highest BCUT2D eigenvalue weighted by molar-refractivity contribution is 5.95. The van der Waals surface area contributed by atoms with Gasteiger partial charge in [-0.25, -0.2) is 9.18 Å². The van der Waals surface area contributed by atoms with Gasteiger partial charge in [-0.05, 0) is 37.6 Å². The first kappa shape index (κ1) is 20.6. The topological polar surface area (TPSA) is 55.8 Å². The molecule has 1 atom stereocenters. The summed E-state index contributed by atoms with van der Waals surface area (Å²) in [7, 11) is 1.56. The normalized spacial score (nSPS) is 16.8. The average Bonchev–Trinajstić information content (AvgIpc) is 2.72. The second-order valence-corrected chi connectivity index (χ2v) is 6.82. The highest BCUT2D eigenvalue weighted by Gasteiger charge is 2.37. The van der Waals surface area contributed by atoms with E-state index in [-0.39, 0.29) is 31.3 Å². The molecule has 1 unspecified atom stereocenters. The lowest BCUT2D eigenvalue weighted by atomic mass is 9.83. The number of allylic oxidation sites excluding steroid dienone is 1. The van der Waals surface area contributed by atoms with Gasteiger partial charge in [0.1, 0.15) is 11.6 Å². The fourth-order valence-electron chi connectivity index (χ4n) is 3.62. The number of methoxy groups -OCH3 is 1. The van der Waals surface area contributed by atoms with Crippen LogP contribution in [0.1, 0.15) is 37.3 Å². The predicted molar refractivity (Wildman–Crippen MR) is 107 cm³/mol. The van der Waals surface area contributed by atoms with Gasteiger partial charge in [0.05, 0.1) is 25.8 Å². The van der Waals surface area contributed by atoms with Gasteiger partial charge in [-0.2, -0.15) is 0 Å². The Morgan fingerprint density at radius 2 is 1.97 bits per heavy atom. The molecule has 0 saturated heterocycles.